The van der Waals surface area contributed by atoms with Gasteiger partial charge in [0.1, 0.15) is 5.75 Å². The first-order valence-corrected chi connectivity index (χ1v) is 9.75. The molecule has 1 aliphatic rings. The highest BCUT2D eigenvalue weighted by Gasteiger charge is 2.26. The van der Waals surface area contributed by atoms with Crippen LogP contribution in [0.3, 0.4) is 0 Å². The molecule has 0 spiro atoms. The second-order valence-electron chi connectivity index (χ2n) is 5.35. The fourth-order valence-electron chi connectivity index (χ4n) is 2.48. The van der Waals surface area contributed by atoms with Crippen LogP contribution < -0.4 is 10.5 Å². The molecule has 2 rings (SSSR count). The Kier molecular flexibility index (Phi) is 5.40. The summed E-state index contributed by atoms with van der Waals surface area (Å²) in [6.45, 7) is 1.26. The number of anilines is 1. The van der Waals surface area contributed by atoms with E-state index >= 15 is 0 Å². The van der Waals surface area contributed by atoms with Crippen LogP contribution >= 0.6 is 11.8 Å². The Labute approximate surface area is 130 Å². The molecule has 118 valence electrons. The summed E-state index contributed by atoms with van der Waals surface area (Å²) in [5.41, 5.74) is 6.42. The molecule has 0 saturated carbocycles. The topological polar surface area (TPSA) is 72.6 Å². The van der Waals surface area contributed by atoms with Crippen LogP contribution in [0.1, 0.15) is 12.8 Å². The van der Waals surface area contributed by atoms with E-state index in [1.807, 2.05) is 18.2 Å². The molecule has 0 aromatic heterocycles. The van der Waals surface area contributed by atoms with Crippen molar-refractivity contribution in [3.8, 4) is 5.75 Å². The van der Waals surface area contributed by atoms with E-state index < -0.39 is 10.0 Å². The normalized spacial score (nSPS) is 20.4. The minimum atomic E-state index is -3.08. The van der Waals surface area contributed by atoms with Crippen molar-refractivity contribution >= 4 is 27.5 Å². The molecule has 1 unspecified atom stereocenters. The van der Waals surface area contributed by atoms with E-state index in [1.165, 1.54) is 6.26 Å². The number of rotatable bonds is 5. The van der Waals surface area contributed by atoms with Crippen LogP contribution in [0.15, 0.2) is 23.1 Å². The lowest BCUT2D eigenvalue weighted by Gasteiger charge is -2.30. The molecule has 0 radical (unpaired) electrons. The molecule has 1 aromatic carbocycles. The number of ether oxygens (including phenoxy) is 1. The van der Waals surface area contributed by atoms with Crippen molar-refractivity contribution in [2.45, 2.75) is 17.7 Å². The van der Waals surface area contributed by atoms with Gasteiger partial charge in [-0.2, -0.15) is 0 Å². The fourth-order valence-corrected chi connectivity index (χ4v) is 4.55. The van der Waals surface area contributed by atoms with Crippen LogP contribution in [-0.4, -0.2) is 44.9 Å². The van der Waals surface area contributed by atoms with E-state index in [-0.39, 0.29) is 0 Å². The Bertz CT molecular complexity index is 590. The molecule has 21 heavy (non-hydrogen) atoms. The largest absolute Gasteiger partial charge is 0.496 e. The standard InChI is InChI=1S/C14H22N2O3S2/c1-19-13-8-12(15)5-6-14(13)20-10-11-4-3-7-16(9-11)21(2,17)18/h5-6,8,11H,3-4,7,9-10,15H2,1-2H3. The van der Waals surface area contributed by atoms with Crippen LogP contribution in [0, 0.1) is 5.92 Å². The Morgan fingerprint density at radius 1 is 1.48 bits per heavy atom. The number of benzene rings is 1. The number of nitrogens with zero attached hydrogens (tertiary/aromatic N) is 1. The Balaban J connectivity index is 1.97. The van der Waals surface area contributed by atoms with Crippen molar-refractivity contribution in [3.05, 3.63) is 18.2 Å². The highest BCUT2D eigenvalue weighted by atomic mass is 32.2. The van der Waals surface area contributed by atoms with E-state index in [0.29, 0.717) is 24.7 Å². The van der Waals surface area contributed by atoms with Crippen LogP contribution in [-0.2, 0) is 10.0 Å². The first kappa shape index (κ1) is 16.5. The van der Waals surface area contributed by atoms with Gasteiger partial charge in [-0.1, -0.05) is 0 Å². The maximum absolute atomic E-state index is 11.6. The highest BCUT2D eigenvalue weighted by molar-refractivity contribution is 7.99. The zero-order valence-electron chi connectivity index (χ0n) is 12.4. The van der Waals surface area contributed by atoms with Gasteiger partial charge in [-0.05, 0) is 30.9 Å². The van der Waals surface area contributed by atoms with Gasteiger partial charge in [-0.15, -0.1) is 11.8 Å². The molecule has 1 heterocycles. The van der Waals surface area contributed by atoms with Crippen LogP contribution in [0.2, 0.25) is 0 Å². The summed E-state index contributed by atoms with van der Waals surface area (Å²) in [4.78, 5) is 1.04. The number of sulfonamides is 1. The van der Waals surface area contributed by atoms with E-state index in [0.717, 1.165) is 29.2 Å². The maximum atomic E-state index is 11.6. The predicted octanol–water partition coefficient (Wildman–Crippen LogP) is 2.04. The van der Waals surface area contributed by atoms with Gasteiger partial charge in [0, 0.05) is 35.5 Å². The van der Waals surface area contributed by atoms with E-state index in [9.17, 15) is 8.42 Å². The summed E-state index contributed by atoms with van der Waals surface area (Å²) in [6.07, 6.45) is 3.28. The van der Waals surface area contributed by atoms with Crippen molar-refractivity contribution in [3.63, 3.8) is 0 Å². The minimum absolute atomic E-state index is 0.376. The van der Waals surface area contributed by atoms with E-state index in [1.54, 1.807) is 23.2 Å². The average Bonchev–Trinajstić information content (AvgIpc) is 2.45. The summed E-state index contributed by atoms with van der Waals surface area (Å²) in [7, 11) is -1.45. The molecule has 1 aliphatic heterocycles. The minimum Gasteiger partial charge on any atom is -0.496 e. The second-order valence-corrected chi connectivity index (χ2v) is 8.39. The average molecular weight is 330 g/mol. The van der Waals surface area contributed by atoms with Gasteiger partial charge in [0.25, 0.3) is 0 Å². The highest BCUT2D eigenvalue weighted by Crippen LogP contribution is 2.33. The Morgan fingerprint density at radius 2 is 2.24 bits per heavy atom. The number of nitrogen functional groups attached to an aromatic ring is 1. The summed E-state index contributed by atoms with van der Waals surface area (Å²) >= 11 is 1.70. The van der Waals surface area contributed by atoms with E-state index in [2.05, 4.69) is 0 Å². The molecule has 1 saturated heterocycles. The third kappa shape index (κ3) is 4.52. The summed E-state index contributed by atoms with van der Waals surface area (Å²) < 4.78 is 30.2. The molecule has 5 nitrogen and oxygen atoms in total. The number of methoxy groups -OCH3 is 1. The third-order valence-electron chi connectivity index (χ3n) is 3.61. The second kappa shape index (κ2) is 6.89. The van der Waals surface area contributed by atoms with E-state index in [4.69, 9.17) is 10.5 Å². The lowest BCUT2D eigenvalue weighted by molar-refractivity contribution is 0.286. The Hall–Kier alpha value is -0.920. The smallest absolute Gasteiger partial charge is 0.211 e. The number of nitrogens with two attached hydrogens (primary N) is 1. The quantitative estimate of drug-likeness (QED) is 0.661. The van der Waals surface area contributed by atoms with Gasteiger partial charge in [0.05, 0.1) is 13.4 Å². The molecule has 1 atom stereocenters. The molecule has 0 amide bonds. The van der Waals surface area contributed by atoms with Crippen molar-refractivity contribution in [1.29, 1.82) is 0 Å². The Morgan fingerprint density at radius 3 is 2.90 bits per heavy atom. The summed E-state index contributed by atoms with van der Waals surface area (Å²) in [5.74, 6) is 2.03. The molecule has 2 N–H and O–H groups in total. The molecule has 1 fully saturated rings. The van der Waals surface area contributed by atoms with Crippen LogP contribution in [0.5, 0.6) is 5.75 Å². The lowest BCUT2D eigenvalue weighted by Crippen LogP contribution is -2.39. The summed E-state index contributed by atoms with van der Waals surface area (Å²) in [6, 6.07) is 5.62. The van der Waals surface area contributed by atoms with Crippen molar-refractivity contribution in [2.24, 2.45) is 5.92 Å². The zero-order valence-corrected chi connectivity index (χ0v) is 14.0. The predicted molar refractivity (Wildman–Crippen MR) is 87.3 cm³/mol. The number of thioether (sulfide) groups is 1. The van der Waals surface area contributed by atoms with Gasteiger partial charge < -0.3 is 10.5 Å². The molecular formula is C14H22N2O3S2. The van der Waals surface area contributed by atoms with Gasteiger partial charge in [-0.3, -0.25) is 0 Å². The van der Waals surface area contributed by atoms with Crippen LogP contribution in [0.25, 0.3) is 0 Å². The SMILES string of the molecule is COc1cc(N)ccc1SCC1CCCN(S(C)(=O)=O)C1. The van der Waals surface area contributed by atoms with Crippen molar-refractivity contribution in [1.82, 2.24) is 4.31 Å². The maximum Gasteiger partial charge on any atom is 0.211 e. The number of hydrogen-bond donors (Lipinski definition) is 1. The molecule has 0 aliphatic carbocycles. The van der Waals surface area contributed by atoms with Crippen molar-refractivity contribution < 1.29 is 13.2 Å². The van der Waals surface area contributed by atoms with Crippen molar-refractivity contribution in [2.75, 3.05) is 37.9 Å². The fraction of sp³-hybridized carbons (Fsp3) is 0.571. The lowest BCUT2D eigenvalue weighted by atomic mass is 10.0. The van der Waals surface area contributed by atoms with Gasteiger partial charge in [0.2, 0.25) is 10.0 Å². The monoisotopic (exact) mass is 330 g/mol. The first-order valence-electron chi connectivity index (χ1n) is 6.91. The van der Waals surface area contributed by atoms with Crippen LogP contribution in [0.4, 0.5) is 5.69 Å². The molecule has 0 bridgehead atoms. The third-order valence-corrected chi connectivity index (χ3v) is 6.17. The number of hydrogen-bond acceptors (Lipinski definition) is 5. The number of piperidine rings is 1. The van der Waals surface area contributed by atoms with Gasteiger partial charge >= 0.3 is 0 Å². The molecule has 7 heteroatoms. The van der Waals surface area contributed by atoms with Gasteiger partial charge in [0.15, 0.2) is 0 Å². The molecular weight excluding hydrogens is 308 g/mol. The zero-order chi connectivity index (χ0) is 15.5. The first-order chi connectivity index (χ1) is 9.90. The summed E-state index contributed by atoms with van der Waals surface area (Å²) in [5, 5.41) is 0. The van der Waals surface area contributed by atoms with Gasteiger partial charge in [-0.25, -0.2) is 12.7 Å². The molecule has 1 aromatic rings.